The fourth-order valence-electron chi connectivity index (χ4n) is 1.37. The van der Waals surface area contributed by atoms with Crippen LogP contribution >= 0.6 is 11.5 Å². The molecule has 1 rings (SSSR count). The van der Waals surface area contributed by atoms with Crippen molar-refractivity contribution in [2.45, 2.75) is 39.7 Å². The first-order valence-corrected chi connectivity index (χ1v) is 6.66. The monoisotopic (exact) mass is 271 g/mol. The highest BCUT2D eigenvalue weighted by atomic mass is 32.1. The first-order chi connectivity index (χ1) is 8.60. The van der Waals surface area contributed by atoms with E-state index in [9.17, 15) is 9.59 Å². The minimum absolute atomic E-state index is 0.294. The number of amides is 1. The quantitative estimate of drug-likeness (QED) is 0.785. The van der Waals surface area contributed by atoms with Gasteiger partial charge in [0.25, 0.3) is 5.91 Å². The lowest BCUT2D eigenvalue weighted by atomic mass is 10.2. The maximum atomic E-state index is 11.9. The lowest BCUT2D eigenvalue weighted by Crippen LogP contribution is -2.39. The van der Waals surface area contributed by atoms with E-state index in [1.807, 2.05) is 6.92 Å². The van der Waals surface area contributed by atoms with Crippen LogP contribution in [0.15, 0.2) is 0 Å². The van der Waals surface area contributed by atoms with Gasteiger partial charge in [0.05, 0.1) is 12.3 Å². The van der Waals surface area contributed by atoms with Gasteiger partial charge in [-0.2, -0.15) is 0 Å². The molecular formula is C11H17N3O3S. The van der Waals surface area contributed by atoms with Gasteiger partial charge in [0.15, 0.2) is 0 Å². The summed E-state index contributed by atoms with van der Waals surface area (Å²) in [5, 5.41) is 6.49. The number of aromatic nitrogens is 2. The average Bonchev–Trinajstić information content (AvgIpc) is 2.78. The average molecular weight is 271 g/mol. The van der Waals surface area contributed by atoms with Crippen molar-refractivity contribution in [2.75, 3.05) is 6.61 Å². The molecule has 1 aromatic rings. The highest BCUT2D eigenvalue weighted by molar-refractivity contribution is 7.08. The Labute approximate surface area is 110 Å². The summed E-state index contributed by atoms with van der Waals surface area (Å²) in [6.07, 6.45) is 1.59. The molecule has 1 atom stereocenters. The molecule has 18 heavy (non-hydrogen) atoms. The smallest absolute Gasteiger partial charge is 0.328 e. The van der Waals surface area contributed by atoms with Gasteiger partial charge >= 0.3 is 5.97 Å². The van der Waals surface area contributed by atoms with E-state index >= 15 is 0 Å². The standard InChI is InChI=1S/C11H17N3O3S/c1-4-6-8-9(18-14-13-8)10(15)12-7(3)11(16)17-5-2/h7H,4-6H2,1-3H3,(H,12,15). The minimum atomic E-state index is -0.672. The fourth-order valence-corrected chi connectivity index (χ4v) is 1.98. The summed E-state index contributed by atoms with van der Waals surface area (Å²) in [7, 11) is 0. The van der Waals surface area contributed by atoms with Crippen LogP contribution in [0.4, 0.5) is 0 Å². The van der Waals surface area contributed by atoms with E-state index in [1.165, 1.54) is 0 Å². The number of hydrogen-bond donors (Lipinski definition) is 1. The molecule has 1 N–H and O–H groups in total. The lowest BCUT2D eigenvalue weighted by Gasteiger charge is -2.11. The third kappa shape index (κ3) is 3.76. The Morgan fingerprint density at radius 3 is 2.78 bits per heavy atom. The summed E-state index contributed by atoms with van der Waals surface area (Å²) < 4.78 is 8.58. The molecule has 0 bridgehead atoms. The summed E-state index contributed by atoms with van der Waals surface area (Å²) in [6, 6.07) is -0.672. The molecule has 1 aromatic heterocycles. The van der Waals surface area contributed by atoms with Crippen LogP contribution in [0.3, 0.4) is 0 Å². The fraction of sp³-hybridized carbons (Fsp3) is 0.636. The van der Waals surface area contributed by atoms with Crippen molar-refractivity contribution >= 4 is 23.4 Å². The largest absolute Gasteiger partial charge is 0.464 e. The zero-order chi connectivity index (χ0) is 13.5. The van der Waals surface area contributed by atoms with Crippen molar-refractivity contribution in [1.82, 2.24) is 14.9 Å². The van der Waals surface area contributed by atoms with Crippen molar-refractivity contribution in [1.29, 1.82) is 0 Å². The van der Waals surface area contributed by atoms with E-state index < -0.39 is 12.0 Å². The molecule has 1 unspecified atom stereocenters. The third-order valence-electron chi connectivity index (χ3n) is 2.24. The molecule has 7 heteroatoms. The molecule has 1 amide bonds. The summed E-state index contributed by atoms with van der Waals surface area (Å²) >= 11 is 1.04. The number of esters is 1. The van der Waals surface area contributed by atoms with Crippen molar-refractivity contribution in [3.63, 3.8) is 0 Å². The first kappa shape index (κ1) is 14.6. The van der Waals surface area contributed by atoms with Crippen molar-refractivity contribution in [3.05, 3.63) is 10.6 Å². The van der Waals surface area contributed by atoms with Crippen molar-refractivity contribution < 1.29 is 14.3 Å². The molecule has 0 aliphatic carbocycles. The van der Waals surface area contributed by atoms with Gasteiger partial charge in [0.1, 0.15) is 10.9 Å². The molecular weight excluding hydrogens is 254 g/mol. The van der Waals surface area contributed by atoms with E-state index in [0.29, 0.717) is 23.6 Å². The predicted molar refractivity (Wildman–Crippen MR) is 67.5 cm³/mol. The number of rotatable bonds is 6. The number of hydrogen-bond acceptors (Lipinski definition) is 6. The Hall–Kier alpha value is -1.50. The molecule has 0 aliphatic heterocycles. The van der Waals surface area contributed by atoms with E-state index in [4.69, 9.17) is 4.74 Å². The maximum absolute atomic E-state index is 11.9. The van der Waals surface area contributed by atoms with Crippen LogP contribution in [-0.2, 0) is 16.0 Å². The number of nitrogens with zero attached hydrogens (tertiary/aromatic N) is 2. The van der Waals surface area contributed by atoms with Gasteiger partial charge in [-0.05, 0) is 31.8 Å². The summed E-state index contributed by atoms with van der Waals surface area (Å²) in [5.41, 5.74) is 0.677. The predicted octanol–water partition coefficient (Wildman–Crippen LogP) is 1.17. The van der Waals surface area contributed by atoms with Gasteiger partial charge < -0.3 is 10.1 Å². The van der Waals surface area contributed by atoms with Crippen LogP contribution in [0.5, 0.6) is 0 Å². The summed E-state index contributed by atoms with van der Waals surface area (Å²) in [4.78, 5) is 23.8. The topological polar surface area (TPSA) is 81.2 Å². The Balaban J connectivity index is 2.64. The number of carbonyl (C=O) groups excluding carboxylic acids is 2. The molecule has 1 heterocycles. The van der Waals surface area contributed by atoms with Crippen molar-refractivity contribution in [3.8, 4) is 0 Å². The minimum Gasteiger partial charge on any atom is -0.464 e. The molecule has 100 valence electrons. The second-order valence-electron chi connectivity index (χ2n) is 3.75. The van der Waals surface area contributed by atoms with Gasteiger partial charge in [-0.25, -0.2) is 4.79 Å². The van der Waals surface area contributed by atoms with E-state index in [2.05, 4.69) is 14.9 Å². The molecule has 0 fully saturated rings. The van der Waals surface area contributed by atoms with E-state index in [0.717, 1.165) is 18.0 Å². The van der Waals surface area contributed by atoms with Crippen LogP contribution in [0.25, 0.3) is 0 Å². The Bertz CT molecular complexity index is 419. The SMILES string of the molecule is CCCc1nnsc1C(=O)NC(C)C(=O)OCC. The second-order valence-corrected chi connectivity index (χ2v) is 4.50. The maximum Gasteiger partial charge on any atom is 0.328 e. The normalized spacial score (nSPS) is 11.9. The van der Waals surface area contributed by atoms with Gasteiger partial charge in [-0.3, -0.25) is 4.79 Å². The van der Waals surface area contributed by atoms with Crippen LogP contribution in [0, 0.1) is 0 Å². The van der Waals surface area contributed by atoms with Crippen LogP contribution in [0.2, 0.25) is 0 Å². The van der Waals surface area contributed by atoms with Gasteiger partial charge in [-0.15, -0.1) is 5.10 Å². The van der Waals surface area contributed by atoms with Crippen LogP contribution in [0.1, 0.15) is 42.6 Å². The van der Waals surface area contributed by atoms with Gasteiger partial charge in [0, 0.05) is 0 Å². The number of carbonyl (C=O) groups is 2. The third-order valence-corrected chi connectivity index (χ3v) is 3.00. The number of ether oxygens (including phenoxy) is 1. The van der Waals surface area contributed by atoms with Gasteiger partial charge in [0.2, 0.25) is 0 Å². The van der Waals surface area contributed by atoms with E-state index in [-0.39, 0.29) is 5.91 Å². The van der Waals surface area contributed by atoms with Crippen LogP contribution < -0.4 is 5.32 Å². The highest BCUT2D eigenvalue weighted by Gasteiger charge is 2.21. The zero-order valence-electron chi connectivity index (χ0n) is 10.7. The molecule has 0 saturated heterocycles. The van der Waals surface area contributed by atoms with E-state index in [1.54, 1.807) is 13.8 Å². The summed E-state index contributed by atoms with van der Waals surface area (Å²) in [5.74, 6) is -0.769. The Morgan fingerprint density at radius 2 is 2.17 bits per heavy atom. The molecule has 0 radical (unpaired) electrons. The zero-order valence-corrected chi connectivity index (χ0v) is 11.5. The Kier molecular flexibility index (Phi) is 5.70. The summed E-state index contributed by atoms with van der Waals surface area (Å²) in [6.45, 7) is 5.60. The number of aryl methyl sites for hydroxylation is 1. The first-order valence-electron chi connectivity index (χ1n) is 5.88. The highest BCUT2D eigenvalue weighted by Crippen LogP contribution is 2.12. The number of nitrogens with one attached hydrogen (secondary N) is 1. The van der Waals surface area contributed by atoms with Gasteiger partial charge in [-0.1, -0.05) is 17.8 Å². The van der Waals surface area contributed by atoms with Crippen molar-refractivity contribution in [2.24, 2.45) is 0 Å². The molecule has 0 spiro atoms. The molecule has 0 saturated carbocycles. The molecule has 0 aromatic carbocycles. The van der Waals surface area contributed by atoms with Crippen LogP contribution in [-0.4, -0.2) is 34.1 Å². The molecule has 0 aliphatic rings. The lowest BCUT2D eigenvalue weighted by molar-refractivity contribution is -0.144. The Morgan fingerprint density at radius 1 is 1.44 bits per heavy atom. The molecule has 6 nitrogen and oxygen atoms in total. The second kappa shape index (κ2) is 7.05.